The van der Waals surface area contributed by atoms with Gasteiger partial charge in [-0.15, -0.1) is 0 Å². The first-order valence-corrected chi connectivity index (χ1v) is 9.30. The molecule has 9 nitrogen and oxygen atoms in total. The van der Waals surface area contributed by atoms with Gasteiger partial charge in [-0.2, -0.15) is 4.98 Å². The van der Waals surface area contributed by atoms with Crippen molar-refractivity contribution in [1.29, 1.82) is 0 Å². The fraction of sp³-hybridized carbons (Fsp3) is 0.0952. The molecular formula is C21H17N7O2. The van der Waals surface area contributed by atoms with E-state index >= 15 is 0 Å². The molecule has 0 bridgehead atoms. The maximum atomic E-state index is 12.8. The monoisotopic (exact) mass is 399 g/mol. The summed E-state index contributed by atoms with van der Waals surface area (Å²) in [5.74, 6) is 0.679. The van der Waals surface area contributed by atoms with Crippen LogP contribution in [0.4, 0.5) is 5.69 Å². The average molecular weight is 399 g/mol. The molecule has 0 aliphatic heterocycles. The van der Waals surface area contributed by atoms with E-state index < -0.39 is 0 Å². The molecule has 1 aromatic carbocycles. The third-order valence-corrected chi connectivity index (χ3v) is 4.74. The summed E-state index contributed by atoms with van der Waals surface area (Å²) in [6.45, 7) is 2.37. The molecule has 5 rings (SSSR count). The summed E-state index contributed by atoms with van der Waals surface area (Å²) in [7, 11) is 0. The van der Waals surface area contributed by atoms with Gasteiger partial charge in [0.15, 0.2) is 0 Å². The van der Waals surface area contributed by atoms with Gasteiger partial charge in [0, 0.05) is 29.8 Å². The highest BCUT2D eigenvalue weighted by Crippen LogP contribution is 2.24. The van der Waals surface area contributed by atoms with E-state index in [1.54, 1.807) is 23.1 Å². The van der Waals surface area contributed by atoms with Crippen molar-refractivity contribution in [3.63, 3.8) is 0 Å². The van der Waals surface area contributed by atoms with Gasteiger partial charge in [-0.1, -0.05) is 23.4 Å². The van der Waals surface area contributed by atoms with Crippen molar-refractivity contribution in [2.45, 2.75) is 13.5 Å². The Morgan fingerprint density at radius 2 is 2.13 bits per heavy atom. The number of anilines is 1. The Morgan fingerprint density at radius 1 is 1.20 bits per heavy atom. The van der Waals surface area contributed by atoms with E-state index in [9.17, 15) is 4.79 Å². The highest BCUT2D eigenvalue weighted by atomic mass is 16.5. The summed E-state index contributed by atoms with van der Waals surface area (Å²) < 4.78 is 8.93. The topological polar surface area (TPSA) is 103 Å². The third-order valence-electron chi connectivity index (χ3n) is 4.74. The number of benzene rings is 1. The minimum Gasteiger partial charge on any atom is -0.337 e. The zero-order valence-electron chi connectivity index (χ0n) is 16.1. The maximum absolute atomic E-state index is 12.8. The van der Waals surface area contributed by atoms with Gasteiger partial charge in [-0.25, -0.2) is 9.97 Å². The van der Waals surface area contributed by atoms with Gasteiger partial charge < -0.3 is 14.4 Å². The summed E-state index contributed by atoms with van der Waals surface area (Å²) in [5, 5.41) is 7.02. The Kier molecular flexibility index (Phi) is 4.32. The van der Waals surface area contributed by atoms with Gasteiger partial charge in [-0.3, -0.25) is 9.20 Å². The van der Waals surface area contributed by atoms with Gasteiger partial charge >= 0.3 is 0 Å². The van der Waals surface area contributed by atoms with Crippen LogP contribution in [-0.2, 0) is 6.54 Å². The summed E-state index contributed by atoms with van der Waals surface area (Å²) in [6, 6.07) is 11.2. The lowest BCUT2D eigenvalue weighted by molar-refractivity contribution is 0.102. The van der Waals surface area contributed by atoms with Crippen molar-refractivity contribution in [3.05, 3.63) is 84.7 Å². The smallest absolute Gasteiger partial charge is 0.274 e. The molecule has 5 aromatic rings. The molecule has 0 atom stereocenters. The highest BCUT2D eigenvalue weighted by Gasteiger charge is 2.15. The third kappa shape index (κ3) is 3.32. The number of hydrogen-bond donors (Lipinski definition) is 1. The van der Waals surface area contributed by atoms with Crippen LogP contribution in [0.1, 0.15) is 21.9 Å². The van der Waals surface area contributed by atoms with Crippen LogP contribution in [0.5, 0.6) is 0 Å². The molecule has 0 saturated carbocycles. The summed E-state index contributed by atoms with van der Waals surface area (Å²) >= 11 is 0. The number of nitrogens with one attached hydrogen (secondary N) is 1. The number of pyridine rings is 1. The summed E-state index contributed by atoms with van der Waals surface area (Å²) in [6.07, 6.45) is 8.57. The van der Waals surface area contributed by atoms with Crippen molar-refractivity contribution in [2.24, 2.45) is 0 Å². The summed E-state index contributed by atoms with van der Waals surface area (Å²) in [4.78, 5) is 25.5. The second-order valence-electron chi connectivity index (χ2n) is 6.80. The molecule has 1 N–H and O–H groups in total. The van der Waals surface area contributed by atoms with Crippen LogP contribution in [0.3, 0.4) is 0 Å². The molecule has 1 amide bonds. The quantitative estimate of drug-likeness (QED) is 0.487. The number of nitrogens with zero attached hydrogens (tertiary/aromatic N) is 6. The first kappa shape index (κ1) is 17.8. The van der Waals surface area contributed by atoms with Gasteiger partial charge in [0.25, 0.3) is 5.91 Å². The van der Waals surface area contributed by atoms with Gasteiger partial charge in [0.05, 0.1) is 12.5 Å². The number of fused-ring (bicyclic) bond motifs is 1. The first-order chi connectivity index (χ1) is 14.7. The van der Waals surface area contributed by atoms with Crippen molar-refractivity contribution in [3.8, 4) is 11.4 Å². The fourth-order valence-corrected chi connectivity index (χ4v) is 3.16. The molecular weight excluding hydrogens is 382 g/mol. The summed E-state index contributed by atoms with van der Waals surface area (Å²) in [5.41, 5.74) is 3.50. The lowest BCUT2D eigenvalue weighted by atomic mass is 10.1. The van der Waals surface area contributed by atoms with Gasteiger partial charge in [0.1, 0.15) is 17.9 Å². The maximum Gasteiger partial charge on any atom is 0.274 e. The Hall–Kier alpha value is -4.27. The molecule has 0 aliphatic rings. The second-order valence-corrected chi connectivity index (χ2v) is 6.80. The average Bonchev–Trinajstić information content (AvgIpc) is 3.50. The number of hydrogen-bond acceptors (Lipinski definition) is 6. The highest BCUT2D eigenvalue weighted by molar-refractivity contribution is 6.04. The normalized spacial score (nSPS) is 11.1. The predicted molar refractivity (Wildman–Crippen MR) is 109 cm³/mol. The van der Waals surface area contributed by atoms with Crippen LogP contribution >= 0.6 is 0 Å². The van der Waals surface area contributed by atoms with E-state index in [-0.39, 0.29) is 5.91 Å². The number of rotatable bonds is 5. The Labute approximate surface area is 171 Å². The van der Waals surface area contributed by atoms with Crippen molar-refractivity contribution >= 4 is 17.2 Å². The van der Waals surface area contributed by atoms with E-state index in [1.165, 1.54) is 0 Å². The van der Waals surface area contributed by atoms with Crippen molar-refractivity contribution < 1.29 is 9.32 Å². The molecule has 4 heterocycles. The van der Waals surface area contributed by atoms with Crippen molar-refractivity contribution in [2.75, 3.05) is 5.32 Å². The first-order valence-electron chi connectivity index (χ1n) is 9.30. The molecule has 0 radical (unpaired) electrons. The van der Waals surface area contributed by atoms with E-state index in [2.05, 4.69) is 25.4 Å². The molecule has 30 heavy (non-hydrogen) atoms. The zero-order valence-corrected chi connectivity index (χ0v) is 16.1. The lowest BCUT2D eigenvalue weighted by Crippen LogP contribution is -2.15. The van der Waals surface area contributed by atoms with Crippen LogP contribution in [0.2, 0.25) is 0 Å². The van der Waals surface area contributed by atoms with E-state index in [1.807, 2.05) is 60.3 Å². The minimum absolute atomic E-state index is 0.247. The Bertz CT molecular complexity index is 1330. The van der Waals surface area contributed by atoms with Crippen LogP contribution in [-0.4, -0.2) is 35.0 Å². The lowest BCUT2D eigenvalue weighted by Gasteiger charge is -2.09. The van der Waals surface area contributed by atoms with Crippen LogP contribution < -0.4 is 5.32 Å². The van der Waals surface area contributed by atoms with Crippen LogP contribution in [0, 0.1) is 6.92 Å². The molecule has 9 heteroatoms. The van der Waals surface area contributed by atoms with E-state index in [0.29, 0.717) is 35.3 Å². The SMILES string of the molecule is Cc1ccc(-c2noc(Cn3ccnc3)n2)cc1NC(=O)c1cnc2ccccn12. The van der Waals surface area contributed by atoms with Crippen LogP contribution in [0.25, 0.3) is 17.0 Å². The van der Waals surface area contributed by atoms with E-state index in [4.69, 9.17) is 4.52 Å². The zero-order chi connectivity index (χ0) is 20.5. The van der Waals surface area contributed by atoms with Gasteiger partial charge in [-0.05, 0) is 30.7 Å². The number of carbonyl (C=O) groups is 1. The second kappa shape index (κ2) is 7.28. The van der Waals surface area contributed by atoms with E-state index in [0.717, 1.165) is 11.1 Å². The number of carbonyl (C=O) groups excluding carboxylic acids is 1. The predicted octanol–water partition coefficient (Wildman–Crippen LogP) is 3.19. The van der Waals surface area contributed by atoms with Crippen molar-refractivity contribution in [1.82, 2.24) is 29.1 Å². The molecule has 0 fully saturated rings. The fourth-order valence-electron chi connectivity index (χ4n) is 3.16. The Morgan fingerprint density at radius 3 is 3.00 bits per heavy atom. The molecule has 4 aromatic heterocycles. The molecule has 0 aliphatic carbocycles. The number of aromatic nitrogens is 6. The Balaban J connectivity index is 1.40. The molecule has 0 unspecified atom stereocenters. The largest absolute Gasteiger partial charge is 0.337 e. The number of amides is 1. The molecule has 0 spiro atoms. The molecule has 0 saturated heterocycles. The molecule has 148 valence electrons. The standard InChI is InChI=1S/C21H17N7O2/c1-14-5-6-15(20-25-19(30-26-20)12-27-9-7-22-13-27)10-16(14)24-21(29)17-11-23-18-4-2-3-8-28(17)18/h2-11,13H,12H2,1H3,(H,24,29). The van der Waals surface area contributed by atoms with Crippen LogP contribution in [0.15, 0.2) is 72.0 Å². The van der Waals surface area contributed by atoms with Gasteiger partial charge in [0.2, 0.25) is 11.7 Å². The number of imidazole rings is 2. The number of aryl methyl sites for hydroxylation is 1. The minimum atomic E-state index is -0.247.